The summed E-state index contributed by atoms with van der Waals surface area (Å²) in [7, 11) is 0. The molecule has 1 fully saturated rings. The molecule has 3 rings (SSSR count). The highest BCUT2D eigenvalue weighted by Gasteiger charge is 2.30. The van der Waals surface area contributed by atoms with Crippen LogP contribution in [0, 0.1) is 0 Å². The lowest BCUT2D eigenvalue weighted by molar-refractivity contribution is -0.137. The SMILES string of the molecule is O=C(COc1ccc(N2CCCC2=O)cc1)NCc1cccc(C(F)(F)F)c1. The summed E-state index contributed by atoms with van der Waals surface area (Å²) in [5.74, 6) is 0.100. The molecule has 0 aliphatic carbocycles. The molecule has 2 aromatic rings. The van der Waals surface area contributed by atoms with E-state index in [4.69, 9.17) is 4.74 Å². The third-order valence-electron chi connectivity index (χ3n) is 4.34. The van der Waals surface area contributed by atoms with Gasteiger partial charge in [0, 0.05) is 25.2 Å². The first-order chi connectivity index (χ1) is 13.3. The number of anilines is 1. The number of hydrogen-bond acceptors (Lipinski definition) is 3. The van der Waals surface area contributed by atoms with Crippen molar-refractivity contribution in [2.24, 2.45) is 0 Å². The Kier molecular flexibility index (Phi) is 5.87. The van der Waals surface area contributed by atoms with Gasteiger partial charge < -0.3 is 15.0 Å². The van der Waals surface area contributed by atoms with E-state index in [-0.39, 0.29) is 19.1 Å². The second-order valence-electron chi connectivity index (χ2n) is 6.41. The van der Waals surface area contributed by atoms with E-state index in [0.717, 1.165) is 24.2 Å². The Morgan fingerprint density at radius 2 is 1.89 bits per heavy atom. The first-order valence-electron chi connectivity index (χ1n) is 8.79. The lowest BCUT2D eigenvalue weighted by Gasteiger charge is -2.16. The molecule has 0 aromatic heterocycles. The zero-order valence-corrected chi connectivity index (χ0v) is 15.0. The van der Waals surface area contributed by atoms with Gasteiger partial charge in [0.15, 0.2) is 6.61 Å². The van der Waals surface area contributed by atoms with Gasteiger partial charge in [-0.25, -0.2) is 0 Å². The minimum absolute atomic E-state index is 0.0257. The average Bonchev–Trinajstić information content (AvgIpc) is 3.10. The number of nitrogens with zero attached hydrogens (tertiary/aromatic N) is 1. The Bertz CT molecular complexity index is 851. The van der Waals surface area contributed by atoms with Crippen molar-refractivity contribution < 1.29 is 27.5 Å². The maximum Gasteiger partial charge on any atom is 0.416 e. The molecular formula is C20H19F3N2O3. The first-order valence-corrected chi connectivity index (χ1v) is 8.79. The number of benzene rings is 2. The zero-order valence-electron chi connectivity index (χ0n) is 15.0. The fourth-order valence-electron chi connectivity index (χ4n) is 2.90. The van der Waals surface area contributed by atoms with Gasteiger partial charge in [0.25, 0.3) is 5.91 Å². The third-order valence-corrected chi connectivity index (χ3v) is 4.34. The number of nitrogens with one attached hydrogen (secondary N) is 1. The highest BCUT2D eigenvalue weighted by Crippen LogP contribution is 2.29. The van der Waals surface area contributed by atoms with Crippen molar-refractivity contribution in [3.63, 3.8) is 0 Å². The van der Waals surface area contributed by atoms with Crippen LogP contribution >= 0.6 is 0 Å². The van der Waals surface area contributed by atoms with Crippen molar-refractivity contribution in [3.05, 3.63) is 59.7 Å². The standard InChI is InChI=1S/C20H19F3N2O3/c21-20(22,23)15-4-1-3-14(11-15)12-24-18(26)13-28-17-8-6-16(7-9-17)25-10-2-5-19(25)27/h1,3-4,6-9,11H,2,5,10,12-13H2,(H,24,26). The van der Waals surface area contributed by atoms with Crippen LogP contribution in [0.4, 0.5) is 18.9 Å². The van der Waals surface area contributed by atoms with Gasteiger partial charge in [-0.1, -0.05) is 12.1 Å². The van der Waals surface area contributed by atoms with Crippen molar-refractivity contribution in [2.75, 3.05) is 18.1 Å². The van der Waals surface area contributed by atoms with Gasteiger partial charge in [0.2, 0.25) is 5.91 Å². The van der Waals surface area contributed by atoms with Crippen LogP contribution in [0.25, 0.3) is 0 Å². The molecule has 1 N–H and O–H groups in total. The van der Waals surface area contributed by atoms with E-state index in [9.17, 15) is 22.8 Å². The predicted octanol–water partition coefficient (Wildman–Crippen LogP) is 3.53. The number of amides is 2. The fraction of sp³-hybridized carbons (Fsp3) is 0.300. The summed E-state index contributed by atoms with van der Waals surface area (Å²) in [6.45, 7) is 0.403. The topological polar surface area (TPSA) is 58.6 Å². The molecular weight excluding hydrogens is 373 g/mol. The molecule has 5 nitrogen and oxygen atoms in total. The third kappa shape index (κ3) is 5.03. The number of rotatable bonds is 6. The lowest BCUT2D eigenvalue weighted by Crippen LogP contribution is -2.28. The number of halogens is 3. The van der Waals surface area contributed by atoms with E-state index in [2.05, 4.69) is 5.32 Å². The maximum atomic E-state index is 12.7. The largest absolute Gasteiger partial charge is 0.484 e. The van der Waals surface area contributed by atoms with E-state index in [1.54, 1.807) is 29.2 Å². The lowest BCUT2D eigenvalue weighted by atomic mass is 10.1. The second kappa shape index (κ2) is 8.33. The molecule has 1 heterocycles. The zero-order chi connectivity index (χ0) is 20.1. The van der Waals surface area contributed by atoms with Gasteiger partial charge in [-0.2, -0.15) is 13.2 Å². The molecule has 8 heteroatoms. The Balaban J connectivity index is 1.47. The van der Waals surface area contributed by atoms with E-state index in [1.165, 1.54) is 12.1 Å². The van der Waals surface area contributed by atoms with Gasteiger partial charge in [-0.3, -0.25) is 9.59 Å². The molecule has 2 aromatic carbocycles. The van der Waals surface area contributed by atoms with Crippen LogP contribution in [0.5, 0.6) is 5.75 Å². The van der Waals surface area contributed by atoms with Crippen LogP contribution in [-0.4, -0.2) is 25.0 Å². The number of alkyl halides is 3. The quantitative estimate of drug-likeness (QED) is 0.818. The van der Waals surface area contributed by atoms with E-state index in [0.29, 0.717) is 24.3 Å². The van der Waals surface area contributed by atoms with Gasteiger partial charge in [-0.15, -0.1) is 0 Å². The van der Waals surface area contributed by atoms with Crippen molar-refractivity contribution in [2.45, 2.75) is 25.6 Å². The van der Waals surface area contributed by atoms with Gasteiger partial charge in [-0.05, 0) is 48.4 Å². The van der Waals surface area contributed by atoms with Crippen LogP contribution < -0.4 is 15.0 Å². The van der Waals surface area contributed by atoms with Crippen molar-refractivity contribution in [1.29, 1.82) is 0 Å². The Morgan fingerprint density at radius 3 is 2.54 bits per heavy atom. The molecule has 2 amide bonds. The Labute approximate surface area is 160 Å². The number of carbonyl (C=O) groups is 2. The van der Waals surface area contributed by atoms with Gasteiger partial charge >= 0.3 is 6.18 Å². The van der Waals surface area contributed by atoms with Crippen molar-refractivity contribution in [1.82, 2.24) is 5.32 Å². The van der Waals surface area contributed by atoms with Gasteiger partial charge in [0.1, 0.15) is 5.75 Å². The molecule has 0 spiro atoms. The smallest absolute Gasteiger partial charge is 0.416 e. The average molecular weight is 392 g/mol. The molecule has 0 unspecified atom stereocenters. The summed E-state index contributed by atoms with van der Waals surface area (Å²) in [4.78, 5) is 25.3. The number of carbonyl (C=O) groups excluding carboxylic acids is 2. The molecule has 0 saturated carbocycles. The normalized spacial score (nSPS) is 14.2. The van der Waals surface area contributed by atoms with Crippen LogP contribution in [0.15, 0.2) is 48.5 Å². The number of ether oxygens (including phenoxy) is 1. The maximum absolute atomic E-state index is 12.7. The van der Waals surface area contributed by atoms with Crippen LogP contribution in [-0.2, 0) is 22.3 Å². The molecule has 1 saturated heterocycles. The molecule has 0 bridgehead atoms. The minimum Gasteiger partial charge on any atom is -0.484 e. The summed E-state index contributed by atoms with van der Waals surface area (Å²) >= 11 is 0. The molecule has 1 aliphatic rings. The molecule has 0 atom stereocenters. The van der Waals surface area contributed by atoms with E-state index < -0.39 is 17.6 Å². The summed E-state index contributed by atoms with van der Waals surface area (Å²) < 4.78 is 43.5. The highest BCUT2D eigenvalue weighted by molar-refractivity contribution is 5.95. The summed E-state index contributed by atoms with van der Waals surface area (Å²) in [5.41, 5.74) is 0.374. The summed E-state index contributed by atoms with van der Waals surface area (Å²) in [6.07, 6.45) is -3.04. The molecule has 1 aliphatic heterocycles. The molecule has 0 radical (unpaired) electrons. The van der Waals surface area contributed by atoms with Crippen LogP contribution in [0.3, 0.4) is 0 Å². The molecule has 148 valence electrons. The first kappa shape index (κ1) is 19.7. The Morgan fingerprint density at radius 1 is 1.14 bits per heavy atom. The number of hydrogen-bond donors (Lipinski definition) is 1. The predicted molar refractivity (Wildman–Crippen MR) is 96.8 cm³/mol. The van der Waals surface area contributed by atoms with E-state index >= 15 is 0 Å². The van der Waals surface area contributed by atoms with Crippen molar-refractivity contribution in [3.8, 4) is 5.75 Å². The Hall–Kier alpha value is -3.03. The fourth-order valence-corrected chi connectivity index (χ4v) is 2.90. The van der Waals surface area contributed by atoms with Gasteiger partial charge in [0.05, 0.1) is 5.56 Å². The molecule has 28 heavy (non-hydrogen) atoms. The monoisotopic (exact) mass is 392 g/mol. The van der Waals surface area contributed by atoms with E-state index in [1.807, 2.05) is 0 Å². The van der Waals surface area contributed by atoms with Crippen LogP contribution in [0.1, 0.15) is 24.0 Å². The summed E-state index contributed by atoms with van der Waals surface area (Å²) in [5, 5.41) is 2.53. The second-order valence-corrected chi connectivity index (χ2v) is 6.41. The van der Waals surface area contributed by atoms with Crippen LogP contribution in [0.2, 0.25) is 0 Å². The minimum atomic E-state index is -4.42. The summed E-state index contributed by atoms with van der Waals surface area (Å²) in [6, 6.07) is 11.6. The highest BCUT2D eigenvalue weighted by atomic mass is 19.4. The van der Waals surface area contributed by atoms with Crippen molar-refractivity contribution >= 4 is 17.5 Å².